The van der Waals surface area contributed by atoms with E-state index in [1.807, 2.05) is 13.8 Å². The topological polar surface area (TPSA) is 37.3 Å². The van der Waals surface area contributed by atoms with Gasteiger partial charge in [-0.15, -0.1) is 0 Å². The number of hydrogen-bond donors (Lipinski definition) is 1. The van der Waals surface area contributed by atoms with Crippen LogP contribution in [0.15, 0.2) is 11.1 Å². The van der Waals surface area contributed by atoms with E-state index in [1.54, 1.807) is 0 Å². The van der Waals surface area contributed by atoms with Crippen LogP contribution in [-0.2, 0) is 4.79 Å². The molecule has 0 radical (unpaired) electrons. The van der Waals surface area contributed by atoms with Gasteiger partial charge >= 0.3 is 5.97 Å². The number of unbranched alkanes of at least 4 members (excludes halogenated alkanes) is 16. The minimum atomic E-state index is -0.735. The minimum absolute atomic E-state index is 0.617. The standard InChI is InChI=1S/C24H46O2/c1-4-5-6-7-8-9-10-11-12-13-14-15-16-17-18-19-20-21-23(22(2)3)24(25)26/h4-21H2,1-3H3,(H,25,26). The van der Waals surface area contributed by atoms with E-state index >= 15 is 0 Å². The van der Waals surface area contributed by atoms with Gasteiger partial charge in [-0.3, -0.25) is 0 Å². The lowest BCUT2D eigenvalue weighted by atomic mass is 10.0. The number of hydrogen-bond acceptors (Lipinski definition) is 1. The Kier molecular flexibility index (Phi) is 18.4. The Labute approximate surface area is 163 Å². The molecule has 0 amide bonds. The molecule has 2 nitrogen and oxygen atoms in total. The molecule has 0 unspecified atom stereocenters. The highest BCUT2D eigenvalue weighted by molar-refractivity contribution is 5.87. The fourth-order valence-electron chi connectivity index (χ4n) is 3.60. The summed E-state index contributed by atoms with van der Waals surface area (Å²) in [6.07, 6.45) is 23.9. The summed E-state index contributed by atoms with van der Waals surface area (Å²) in [4.78, 5) is 11.1. The van der Waals surface area contributed by atoms with Crippen LogP contribution >= 0.6 is 0 Å². The Morgan fingerprint density at radius 2 is 0.885 bits per heavy atom. The maximum Gasteiger partial charge on any atom is 0.331 e. The third kappa shape index (κ3) is 16.7. The quantitative estimate of drug-likeness (QED) is 0.184. The maximum atomic E-state index is 11.1. The predicted molar refractivity (Wildman–Crippen MR) is 115 cm³/mol. The molecule has 0 rings (SSSR count). The highest BCUT2D eigenvalue weighted by Gasteiger charge is 2.08. The van der Waals surface area contributed by atoms with Gasteiger partial charge in [0.2, 0.25) is 0 Å². The molecular formula is C24H46O2. The summed E-state index contributed by atoms with van der Waals surface area (Å²) in [7, 11) is 0. The van der Waals surface area contributed by atoms with Gasteiger partial charge in [-0.2, -0.15) is 0 Å². The van der Waals surface area contributed by atoms with E-state index in [1.165, 1.54) is 103 Å². The van der Waals surface area contributed by atoms with Crippen LogP contribution in [0.4, 0.5) is 0 Å². The first-order valence-corrected chi connectivity index (χ1v) is 11.5. The van der Waals surface area contributed by atoms with E-state index in [9.17, 15) is 4.79 Å². The molecule has 26 heavy (non-hydrogen) atoms. The van der Waals surface area contributed by atoms with Crippen LogP contribution < -0.4 is 0 Å². The van der Waals surface area contributed by atoms with Crippen LogP contribution in [0.1, 0.15) is 136 Å². The molecule has 0 bridgehead atoms. The van der Waals surface area contributed by atoms with E-state index in [-0.39, 0.29) is 0 Å². The van der Waals surface area contributed by atoms with Crippen molar-refractivity contribution in [2.24, 2.45) is 0 Å². The van der Waals surface area contributed by atoms with Crippen LogP contribution in [0.25, 0.3) is 0 Å². The van der Waals surface area contributed by atoms with Crippen LogP contribution in [-0.4, -0.2) is 11.1 Å². The first-order chi connectivity index (χ1) is 12.6. The van der Waals surface area contributed by atoms with Gasteiger partial charge in [0.15, 0.2) is 0 Å². The monoisotopic (exact) mass is 366 g/mol. The van der Waals surface area contributed by atoms with Crippen molar-refractivity contribution in [3.05, 3.63) is 11.1 Å². The summed E-state index contributed by atoms with van der Waals surface area (Å²) < 4.78 is 0. The van der Waals surface area contributed by atoms with Gasteiger partial charge in [-0.05, 0) is 26.7 Å². The second-order valence-corrected chi connectivity index (χ2v) is 8.19. The number of carbonyl (C=O) groups is 1. The summed E-state index contributed by atoms with van der Waals surface area (Å²) in [6, 6.07) is 0. The summed E-state index contributed by atoms with van der Waals surface area (Å²) in [5, 5.41) is 9.12. The van der Waals surface area contributed by atoms with Crippen molar-refractivity contribution in [3.8, 4) is 0 Å². The molecule has 0 aromatic heterocycles. The summed E-state index contributed by atoms with van der Waals surface area (Å²) in [5.41, 5.74) is 1.57. The molecule has 0 spiro atoms. The lowest BCUT2D eigenvalue weighted by Gasteiger charge is -2.05. The second kappa shape index (κ2) is 19.0. The molecule has 0 aromatic rings. The molecule has 0 heterocycles. The average molecular weight is 367 g/mol. The van der Waals surface area contributed by atoms with Crippen LogP contribution in [0.5, 0.6) is 0 Å². The van der Waals surface area contributed by atoms with Gasteiger partial charge in [0.05, 0.1) is 0 Å². The Morgan fingerprint density at radius 3 is 1.15 bits per heavy atom. The minimum Gasteiger partial charge on any atom is -0.478 e. The van der Waals surface area contributed by atoms with Gasteiger partial charge in [0, 0.05) is 5.57 Å². The van der Waals surface area contributed by atoms with Crippen molar-refractivity contribution in [2.75, 3.05) is 0 Å². The Hall–Kier alpha value is -0.790. The zero-order chi connectivity index (χ0) is 19.5. The second-order valence-electron chi connectivity index (χ2n) is 8.19. The lowest BCUT2D eigenvalue weighted by molar-refractivity contribution is -0.132. The van der Waals surface area contributed by atoms with Crippen molar-refractivity contribution in [3.63, 3.8) is 0 Å². The molecule has 0 aliphatic heterocycles. The van der Waals surface area contributed by atoms with Gasteiger partial charge in [0.1, 0.15) is 0 Å². The first kappa shape index (κ1) is 25.2. The first-order valence-electron chi connectivity index (χ1n) is 11.5. The number of carboxylic acids is 1. The molecule has 0 atom stereocenters. The average Bonchev–Trinajstić information content (AvgIpc) is 2.60. The SMILES string of the molecule is CCCCCCCCCCCCCCCCCCCC(C(=O)O)=C(C)C. The van der Waals surface area contributed by atoms with Crippen molar-refractivity contribution in [1.29, 1.82) is 0 Å². The Morgan fingerprint density at radius 1 is 0.577 bits per heavy atom. The lowest BCUT2D eigenvalue weighted by Crippen LogP contribution is -2.02. The van der Waals surface area contributed by atoms with Gasteiger partial charge in [-0.25, -0.2) is 4.79 Å². The Balaban J connectivity index is 3.23. The molecule has 0 aliphatic carbocycles. The van der Waals surface area contributed by atoms with E-state index in [0.717, 1.165) is 18.4 Å². The molecule has 0 saturated heterocycles. The van der Waals surface area contributed by atoms with Crippen molar-refractivity contribution >= 4 is 5.97 Å². The van der Waals surface area contributed by atoms with Crippen LogP contribution in [0.3, 0.4) is 0 Å². The van der Waals surface area contributed by atoms with Crippen LogP contribution in [0, 0.1) is 0 Å². The predicted octanol–water partition coefficient (Wildman–Crippen LogP) is 8.45. The van der Waals surface area contributed by atoms with E-state index in [4.69, 9.17) is 5.11 Å². The van der Waals surface area contributed by atoms with Gasteiger partial charge in [0.25, 0.3) is 0 Å². The van der Waals surface area contributed by atoms with E-state index in [2.05, 4.69) is 6.92 Å². The molecule has 0 fully saturated rings. The number of rotatable bonds is 19. The maximum absolute atomic E-state index is 11.1. The summed E-state index contributed by atoms with van der Waals surface area (Å²) in [5.74, 6) is -0.735. The van der Waals surface area contributed by atoms with Gasteiger partial charge in [-0.1, -0.05) is 115 Å². The number of aliphatic carboxylic acids is 1. The smallest absolute Gasteiger partial charge is 0.331 e. The van der Waals surface area contributed by atoms with E-state index in [0.29, 0.717) is 5.57 Å². The largest absolute Gasteiger partial charge is 0.478 e. The van der Waals surface area contributed by atoms with Crippen LogP contribution in [0.2, 0.25) is 0 Å². The number of allylic oxidation sites excluding steroid dienone is 1. The van der Waals surface area contributed by atoms with E-state index < -0.39 is 5.97 Å². The summed E-state index contributed by atoms with van der Waals surface area (Å²) in [6.45, 7) is 6.08. The normalized spacial score (nSPS) is 10.9. The fourth-order valence-corrected chi connectivity index (χ4v) is 3.60. The highest BCUT2D eigenvalue weighted by Crippen LogP contribution is 2.16. The molecule has 154 valence electrons. The highest BCUT2D eigenvalue weighted by atomic mass is 16.4. The van der Waals surface area contributed by atoms with Crippen molar-refractivity contribution < 1.29 is 9.90 Å². The fraction of sp³-hybridized carbons (Fsp3) is 0.875. The molecule has 0 aliphatic rings. The van der Waals surface area contributed by atoms with Crippen molar-refractivity contribution in [2.45, 2.75) is 136 Å². The molecular weight excluding hydrogens is 320 g/mol. The zero-order valence-corrected chi connectivity index (χ0v) is 18.1. The summed E-state index contributed by atoms with van der Waals surface area (Å²) >= 11 is 0. The molecule has 0 aromatic carbocycles. The van der Waals surface area contributed by atoms with Crippen molar-refractivity contribution in [1.82, 2.24) is 0 Å². The molecule has 2 heteroatoms. The Bertz CT molecular complexity index is 353. The third-order valence-corrected chi connectivity index (χ3v) is 5.39. The molecule has 0 saturated carbocycles. The molecule has 1 N–H and O–H groups in total. The third-order valence-electron chi connectivity index (χ3n) is 5.39. The zero-order valence-electron chi connectivity index (χ0n) is 18.1. The number of carboxylic acid groups (broad SMARTS) is 1. The van der Waals surface area contributed by atoms with Gasteiger partial charge < -0.3 is 5.11 Å².